The SMILES string of the molecule is O=[N+]([O-])C[C@H](OCCCCCCO)C(Cl)(Cl)Cl. The fraction of sp³-hybridized carbons (Fsp3) is 1.00. The molecule has 8 heteroatoms. The Morgan fingerprint density at radius 3 is 2.29 bits per heavy atom. The Morgan fingerprint density at radius 2 is 1.82 bits per heavy atom. The average Bonchev–Trinajstić information content (AvgIpc) is 2.19. The molecule has 0 aliphatic heterocycles. The van der Waals surface area contributed by atoms with Crippen LogP contribution < -0.4 is 0 Å². The van der Waals surface area contributed by atoms with Gasteiger partial charge in [-0.15, -0.1) is 0 Å². The molecule has 0 bridgehead atoms. The van der Waals surface area contributed by atoms with Gasteiger partial charge in [-0.05, 0) is 12.8 Å². The van der Waals surface area contributed by atoms with Gasteiger partial charge in [0.05, 0.1) is 0 Å². The van der Waals surface area contributed by atoms with E-state index in [-0.39, 0.29) is 6.61 Å². The van der Waals surface area contributed by atoms with Crippen molar-refractivity contribution in [3.05, 3.63) is 10.1 Å². The summed E-state index contributed by atoms with van der Waals surface area (Å²) in [5.74, 6) is 0. The molecular formula is C9H16Cl3NO4. The molecule has 5 nitrogen and oxygen atoms in total. The number of alkyl halides is 3. The van der Waals surface area contributed by atoms with E-state index < -0.39 is 21.4 Å². The second-order valence-corrected chi connectivity index (χ2v) is 5.92. The first kappa shape index (κ1) is 17.2. The van der Waals surface area contributed by atoms with Gasteiger partial charge in [0.15, 0.2) is 6.10 Å². The molecule has 102 valence electrons. The molecule has 0 saturated carbocycles. The van der Waals surface area contributed by atoms with E-state index in [9.17, 15) is 10.1 Å². The van der Waals surface area contributed by atoms with Crippen LogP contribution in [0.5, 0.6) is 0 Å². The summed E-state index contributed by atoms with van der Waals surface area (Å²) in [6, 6.07) is 0. The molecule has 0 aliphatic rings. The standard InChI is InChI=1S/C9H16Cl3NO4/c10-9(11,12)8(7-13(15)16)17-6-4-2-1-3-5-14/h8,14H,1-7H2/t8-/m0/s1. The highest BCUT2D eigenvalue weighted by Gasteiger charge is 2.37. The van der Waals surface area contributed by atoms with Crippen LogP contribution >= 0.6 is 34.8 Å². The Morgan fingerprint density at radius 1 is 1.24 bits per heavy atom. The molecule has 0 aromatic heterocycles. The molecule has 0 heterocycles. The van der Waals surface area contributed by atoms with E-state index in [2.05, 4.69) is 0 Å². The predicted octanol–water partition coefficient (Wildman–Crippen LogP) is 2.57. The third-order valence-corrected chi connectivity index (χ3v) is 2.78. The number of unbranched alkanes of at least 4 members (excludes halogenated alkanes) is 3. The van der Waals surface area contributed by atoms with Crippen LogP contribution in [-0.4, -0.2) is 39.7 Å². The van der Waals surface area contributed by atoms with Crippen LogP contribution in [-0.2, 0) is 4.74 Å². The number of rotatable bonds is 9. The number of ether oxygens (including phenoxy) is 1. The summed E-state index contributed by atoms with van der Waals surface area (Å²) in [5.41, 5.74) is 0. The van der Waals surface area contributed by atoms with Crippen LogP contribution in [0.2, 0.25) is 0 Å². The zero-order valence-corrected chi connectivity index (χ0v) is 11.5. The molecular weight excluding hydrogens is 292 g/mol. The van der Waals surface area contributed by atoms with Crippen LogP contribution in [0.3, 0.4) is 0 Å². The smallest absolute Gasteiger partial charge is 0.233 e. The lowest BCUT2D eigenvalue weighted by molar-refractivity contribution is -0.491. The van der Waals surface area contributed by atoms with Crippen LogP contribution in [0.1, 0.15) is 25.7 Å². The van der Waals surface area contributed by atoms with Gasteiger partial charge in [0.2, 0.25) is 10.3 Å². The van der Waals surface area contributed by atoms with Gasteiger partial charge in [0.25, 0.3) is 0 Å². The van der Waals surface area contributed by atoms with Crippen LogP contribution in [0.25, 0.3) is 0 Å². The first-order chi connectivity index (χ1) is 7.88. The first-order valence-corrected chi connectivity index (χ1v) is 6.42. The van der Waals surface area contributed by atoms with Crippen LogP contribution in [0, 0.1) is 10.1 Å². The average molecular weight is 309 g/mol. The van der Waals surface area contributed by atoms with Crippen molar-refractivity contribution in [2.45, 2.75) is 35.6 Å². The van der Waals surface area contributed by atoms with E-state index in [4.69, 9.17) is 44.6 Å². The van der Waals surface area contributed by atoms with Crippen molar-refractivity contribution in [3.8, 4) is 0 Å². The Labute approximate surface area is 115 Å². The van der Waals surface area contributed by atoms with Gasteiger partial charge in [-0.25, -0.2) is 0 Å². The number of halogens is 3. The first-order valence-electron chi connectivity index (χ1n) is 5.29. The number of hydrogen-bond acceptors (Lipinski definition) is 4. The van der Waals surface area contributed by atoms with E-state index in [1.807, 2.05) is 0 Å². The summed E-state index contributed by atoms with van der Waals surface area (Å²) in [6.45, 7) is -0.0655. The molecule has 0 fully saturated rings. The predicted molar refractivity (Wildman–Crippen MR) is 67.4 cm³/mol. The number of nitro groups is 1. The highest BCUT2D eigenvalue weighted by atomic mass is 35.6. The topological polar surface area (TPSA) is 72.6 Å². The fourth-order valence-electron chi connectivity index (χ4n) is 1.18. The molecule has 1 atom stereocenters. The monoisotopic (exact) mass is 307 g/mol. The Hall–Kier alpha value is 0.190. The van der Waals surface area contributed by atoms with E-state index in [1.54, 1.807) is 0 Å². The van der Waals surface area contributed by atoms with Gasteiger partial charge in [-0.3, -0.25) is 10.1 Å². The van der Waals surface area contributed by atoms with Crippen molar-refractivity contribution in [3.63, 3.8) is 0 Å². The summed E-state index contributed by atoms with van der Waals surface area (Å²) < 4.78 is 3.40. The summed E-state index contributed by atoms with van der Waals surface area (Å²) in [5, 5.41) is 18.9. The van der Waals surface area contributed by atoms with E-state index in [1.165, 1.54) is 0 Å². The maximum Gasteiger partial charge on any atom is 0.233 e. The molecule has 0 unspecified atom stereocenters. The molecule has 0 rings (SSSR count). The highest BCUT2D eigenvalue weighted by molar-refractivity contribution is 6.68. The van der Waals surface area contributed by atoms with E-state index >= 15 is 0 Å². The quantitative estimate of drug-likeness (QED) is 0.307. The fourth-order valence-corrected chi connectivity index (χ4v) is 1.58. The van der Waals surface area contributed by atoms with Crippen molar-refractivity contribution in [1.29, 1.82) is 0 Å². The molecule has 0 spiro atoms. The lowest BCUT2D eigenvalue weighted by atomic mass is 10.2. The maximum absolute atomic E-state index is 10.4. The van der Waals surface area contributed by atoms with Crippen LogP contribution in [0.15, 0.2) is 0 Å². The lowest BCUT2D eigenvalue weighted by Crippen LogP contribution is -2.35. The van der Waals surface area contributed by atoms with Crippen molar-refractivity contribution in [2.24, 2.45) is 0 Å². The molecule has 0 aromatic carbocycles. The third-order valence-electron chi connectivity index (χ3n) is 2.05. The second kappa shape index (κ2) is 9.16. The second-order valence-electron chi connectivity index (χ2n) is 3.55. The number of aliphatic hydroxyl groups excluding tert-OH is 1. The summed E-state index contributed by atoms with van der Waals surface area (Å²) in [4.78, 5) is 9.78. The lowest BCUT2D eigenvalue weighted by Gasteiger charge is -2.21. The number of hydrogen-bond donors (Lipinski definition) is 1. The molecule has 0 saturated heterocycles. The minimum Gasteiger partial charge on any atom is -0.396 e. The zero-order valence-electron chi connectivity index (χ0n) is 9.28. The van der Waals surface area contributed by atoms with Crippen LogP contribution in [0.4, 0.5) is 0 Å². The zero-order chi connectivity index (χ0) is 13.3. The molecule has 0 radical (unpaired) electrons. The Bertz CT molecular complexity index is 223. The Kier molecular flexibility index (Phi) is 9.27. The van der Waals surface area contributed by atoms with Gasteiger partial charge in [-0.1, -0.05) is 47.6 Å². The van der Waals surface area contributed by atoms with Crippen molar-refractivity contribution >= 4 is 34.8 Å². The summed E-state index contributed by atoms with van der Waals surface area (Å²) in [6.07, 6.45) is 2.16. The molecule has 17 heavy (non-hydrogen) atoms. The summed E-state index contributed by atoms with van der Waals surface area (Å²) >= 11 is 16.7. The molecule has 0 amide bonds. The number of aliphatic hydroxyl groups is 1. The largest absolute Gasteiger partial charge is 0.396 e. The maximum atomic E-state index is 10.4. The van der Waals surface area contributed by atoms with Gasteiger partial charge in [0.1, 0.15) is 0 Å². The number of nitrogens with zero attached hydrogens (tertiary/aromatic N) is 1. The highest BCUT2D eigenvalue weighted by Crippen LogP contribution is 2.32. The van der Waals surface area contributed by atoms with Crippen molar-refractivity contribution in [2.75, 3.05) is 19.8 Å². The minimum absolute atomic E-state index is 0.166. The normalized spacial score (nSPS) is 13.6. The van der Waals surface area contributed by atoms with Gasteiger partial charge in [0, 0.05) is 18.1 Å². The molecule has 0 aromatic rings. The van der Waals surface area contributed by atoms with Gasteiger partial charge < -0.3 is 9.84 Å². The Balaban J connectivity index is 3.81. The molecule has 1 N–H and O–H groups in total. The van der Waals surface area contributed by atoms with Gasteiger partial charge >= 0.3 is 0 Å². The summed E-state index contributed by atoms with van der Waals surface area (Å²) in [7, 11) is 0. The molecule has 0 aliphatic carbocycles. The third kappa shape index (κ3) is 9.85. The van der Waals surface area contributed by atoms with Crippen molar-refractivity contribution in [1.82, 2.24) is 0 Å². The van der Waals surface area contributed by atoms with E-state index in [0.29, 0.717) is 6.61 Å². The van der Waals surface area contributed by atoms with E-state index in [0.717, 1.165) is 25.7 Å². The minimum atomic E-state index is -1.79. The van der Waals surface area contributed by atoms with Crippen molar-refractivity contribution < 1.29 is 14.8 Å². The van der Waals surface area contributed by atoms with Gasteiger partial charge in [-0.2, -0.15) is 0 Å².